The monoisotopic (exact) mass is 331 g/mol. The highest BCUT2D eigenvalue weighted by Gasteiger charge is 2.12. The van der Waals surface area contributed by atoms with Gasteiger partial charge < -0.3 is 4.74 Å². The molecule has 0 fully saturated rings. The molecule has 4 heteroatoms. The summed E-state index contributed by atoms with van der Waals surface area (Å²) >= 11 is 0. The van der Waals surface area contributed by atoms with E-state index < -0.39 is 0 Å². The number of nitroso groups, excluding NO2 is 1. The summed E-state index contributed by atoms with van der Waals surface area (Å²) in [5.74, 6) is -0.312. The van der Waals surface area contributed by atoms with Gasteiger partial charge in [0.15, 0.2) is 0 Å². The van der Waals surface area contributed by atoms with Crippen LogP contribution in [0.15, 0.2) is 84.0 Å². The summed E-state index contributed by atoms with van der Waals surface area (Å²) in [5, 5.41) is 2.99. The van der Waals surface area contributed by atoms with Crippen LogP contribution >= 0.6 is 0 Å². The largest absolute Gasteiger partial charge is 0.461 e. The molecule has 0 bridgehead atoms. The summed E-state index contributed by atoms with van der Waals surface area (Å²) in [6.45, 7) is 0.244. The van der Waals surface area contributed by atoms with Crippen LogP contribution in [0.5, 0.6) is 0 Å². The van der Waals surface area contributed by atoms with Crippen molar-refractivity contribution in [2.75, 3.05) is 0 Å². The summed E-state index contributed by atoms with van der Waals surface area (Å²) in [7, 11) is 0. The van der Waals surface area contributed by atoms with E-state index in [1.807, 2.05) is 60.7 Å². The van der Waals surface area contributed by atoms with Gasteiger partial charge in [-0.1, -0.05) is 66.7 Å². The highest BCUT2D eigenvalue weighted by molar-refractivity contribution is 5.79. The fourth-order valence-electron chi connectivity index (χ4n) is 2.61. The van der Waals surface area contributed by atoms with Gasteiger partial charge in [-0.05, 0) is 39.6 Å². The van der Waals surface area contributed by atoms with E-state index in [2.05, 4.69) is 5.18 Å². The molecule has 0 N–H and O–H groups in total. The van der Waals surface area contributed by atoms with E-state index in [1.165, 1.54) is 0 Å². The molecule has 0 saturated carbocycles. The number of carbonyl (C=O) groups excluding carboxylic acids is 1. The fourth-order valence-corrected chi connectivity index (χ4v) is 2.61. The van der Waals surface area contributed by atoms with E-state index in [1.54, 1.807) is 18.2 Å². The second-order valence-electron chi connectivity index (χ2n) is 5.62. The van der Waals surface area contributed by atoms with Crippen LogP contribution in [0.2, 0.25) is 0 Å². The highest BCUT2D eigenvalue weighted by atomic mass is 16.5. The van der Waals surface area contributed by atoms with E-state index in [-0.39, 0.29) is 19.0 Å². The second-order valence-corrected chi connectivity index (χ2v) is 5.62. The Hall–Kier alpha value is -3.27. The minimum atomic E-state index is -0.312. The lowest BCUT2D eigenvalue weighted by atomic mass is 9.97. The predicted octanol–water partition coefficient (Wildman–Crippen LogP) is 5.04. The molecule has 0 unspecified atom stereocenters. The summed E-state index contributed by atoms with van der Waals surface area (Å²) < 4.78 is 5.36. The molecular formula is C21H17NO3. The number of hydrogen-bond donors (Lipinski definition) is 0. The zero-order valence-electron chi connectivity index (χ0n) is 13.6. The molecule has 0 amide bonds. The standard InChI is InChI=1S/C21H17NO3/c23-21(25-15-16-7-3-1-4-8-16)13-18-11-12-19(22-24)14-20(18)17-9-5-2-6-10-17/h1-12,14H,13,15H2. The van der Waals surface area contributed by atoms with Crippen LogP contribution in [-0.4, -0.2) is 5.97 Å². The third-order valence-electron chi connectivity index (χ3n) is 3.86. The maximum Gasteiger partial charge on any atom is 0.310 e. The van der Waals surface area contributed by atoms with Crippen LogP contribution in [0.3, 0.4) is 0 Å². The summed E-state index contributed by atoms with van der Waals surface area (Å²) in [4.78, 5) is 23.1. The molecule has 0 radical (unpaired) electrons. The van der Waals surface area contributed by atoms with Crippen molar-refractivity contribution in [3.63, 3.8) is 0 Å². The number of nitrogens with zero attached hydrogens (tertiary/aromatic N) is 1. The number of esters is 1. The minimum Gasteiger partial charge on any atom is -0.461 e. The van der Waals surface area contributed by atoms with Crippen LogP contribution in [-0.2, 0) is 22.6 Å². The van der Waals surface area contributed by atoms with Gasteiger partial charge in [0, 0.05) is 0 Å². The molecule has 3 aromatic carbocycles. The zero-order valence-corrected chi connectivity index (χ0v) is 13.6. The molecular weight excluding hydrogens is 314 g/mol. The van der Waals surface area contributed by atoms with Gasteiger partial charge in [-0.2, -0.15) is 0 Å². The van der Waals surface area contributed by atoms with Gasteiger partial charge in [-0.3, -0.25) is 4.79 Å². The molecule has 25 heavy (non-hydrogen) atoms. The number of rotatable bonds is 6. The quantitative estimate of drug-likeness (QED) is 0.470. The Bertz CT molecular complexity index is 861. The molecule has 4 nitrogen and oxygen atoms in total. The van der Waals surface area contributed by atoms with E-state index in [0.29, 0.717) is 5.69 Å². The normalized spacial score (nSPS) is 10.2. The number of benzene rings is 3. The van der Waals surface area contributed by atoms with Gasteiger partial charge in [0.25, 0.3) is 0 Å². The molecule has 3 rings (SSSR count). The van der Waals surface area contributed by atoms with Crippen LogP contribution in [0.1, 0.15) is 11.1 Å². The first-order valence-electron chi connectivity index (χ1n) is 7.97. The van der Waals surface area contributed by atoms with E-state index >= 15 is 0 Å². The maximum atomic E-state index is 12.2. The van der Waals surface area contributed by atoms with Crippen LogP contribution in [0.4, 0.5) is 5.69 Å². The summed E-state index contributed by atoms with van der Waals surface area (Å²) in [6, 6.07) is 24.2. The summed E-state index contributed by atoms with van der Waals surface area (Å²) in [6.07, 6.45) is 0.135. The molecule has 0 aliphatic heterocycles. The first kappa shape index (κ1) is 16.6. The van der Waals surface area contributed by atoms with Crippen molar-refractivity contribution in [3.05, 3.63) is 94.9 Å². The van der Waals surface area contributed by atoms with Crippen molar-refractivity contribution in [3.8, 4) is 11.1 Å². The third kappa shape index (κ3) is 4.38. The minimum absolute atomic E-state index is 0.135. The number of ether oxygens (including phenoxy) is 1. The van der Waals surface area contributed by atoms with Gasteiger partial charge in [0.1, 0.15) is 12.3 Å². The van der Waals surface area contributed by atoms with Crippen molar-refractivity contribution in [1.29, 1.82) is 0 Å². The van der Waals surface area contributed by atoms with Gasteiger partial charge in [-0.15, -0.1) is 4.91 Å². The van der Waals surface area contributed by atoms with E-state index in [0.717, 1.165) is 22.3 Å². The van der Waals surface area contributed by atoms with Crippen molar-refractivity contribution in [1.82, 2.24) is 0 Å². The molecule has 0 aromatic heterocycles. The molecule has 0 aliphatic carbocycles. The zero-order chi connectivity index (χ0) is 17.5. The van der Waals surface area contributed by atoms with Crippen LogP contribution < -0.4 is 0 Å². The van der Waals surface area contributed by atoms with Gasteiger partial charge in [-0.25, -0.2) is 0 Å². The van der Waals surface area contributed by atoms with Crippen molar-refractivity contribution in [2.24, 2.45) is 5.18 Å². The average molecular weight is 331 g/mol. The lowest BCUT2D eigenvalue weighted by Crippen LogP contribution is -2.08. The topological polar surface area (TPSA) is 55.7 Å². The molecule has 0 heterocycles. The molecule has 0 saturated heterocycles. The Morgan fingerprint density at radius 3 is 2.24 bits per heavy atom. The molecule has 0 atom stereocenters. The van der Waals surface area contributed by atoms with Crippen molar-refractivity contribution < 1.29 is 9.53 Å². The van der Waals surface area contributed by atoms with Gasteiger partial charge in [0.05, 0.1) is 6.42 Å². The van der Waals surface area contributed by atoms with Crippen LogP contribution in [0, 0.1) is 4.91 Å². The van der Waals surface area contributed by atoms with Crippen molar-refractivity contribution in [2.45, 2.75) is 13.0 Å². The first-order chi connectivity index (χ1) is 12.3. The Labute approximate surface area is 146 Å². The van der Waals surface area contributed by atoms with Crippen LogP contribution in [0.25, 0.3) is 11.1 Å². The first-order valence-corrected chi connectivity index (χ1v) is 7.97. The average Bonchev–Trinajstić information content (AvgIpc) is 2.68. The second kappa shape index (κ2) is 8.02. The number of carbonyl (C=O) groups is 1. The van der Waals surface area contributed by atoms with E-state index in [4.69, 9.17) is 4.74 Å². The third-order valence-corrected chi connectivity index (χ3v) is 3.86. The predicted molar refractivity (Wildman–Crippen MR) is 97.3 cm³/mol. The Morgan fingerprint density at radius 2 is 1.56 bits per heavy atom. The summed E-state index contributed by atoms with van der Waals surface area (Å²) in [5.41, 5.74) is 3.82. The number of hydrogen-bond acceptors (Lipinski definition) is 4. The Morgan fingerprint density at radius 1 is 0.880 bits per heavy atom. The van der Waals surface area contributed by atoms with Gasteiger partial charge in [0.2, 0.25) is 0 Å². The fraction of sp³-hybridized carbons (Fsp3) is 0.0952. The van der Waals surface area contributed by atoms with Crippen molar-refractivity contribution >= 4 is 11.7 Å². The SMILES string of the molecule is O=Nc1ccc(CC(=O)OCc2ccccc2)c(-c2ccccc2)c1. The Balaban J connectivity index is 1.77. The molecule has 0 spiro atoms. The smallest absolute Gasteiger partial charge is 0.310 e. The Kier molecular flexibility index (Phi) is 5.32. The highest BCUT2D eigenvalue weighted by Crippen LogP contribution is 2.28. The molecule has 3 aromatic rings. The molecule has 124 valence electrons. The maximum absolute atomic E-state index is 12.2. The lowest BCUT2D eigenvalue weighted by molar-refractivity contribution is -0.144. The van der Waals surface area contributed by atoms with E-state index in [9.17, 15) is 9.70 Å². The van der Waals surface area contributed by atoms with Gasteiger partial charge >= 0.3 is 5.97 Å². The lowest BCUT2D eigenvalue weighted by Gasteiger charge is -2.11. The molecule has 0 aliphatic rings.